The molecule has 94 valence electrons. The number of amides is 1. The third kappa shape index (κ3) is 2.91. The summed E-state index contributed by atoms with van der Waals surface area (Å²) >= 11 is 6.88. The maximum absolute atomic E-state index is 11.8. The van der Waals surface area contributed by atoms with E-state index in [1.54, 1.807) is 5.38 Å². The first kappa shape index (κ1) is 12.7. The van der Waals surface area contributed by atoms with Gasteiger partial charge in [0.2, 0.25) is 0 Å². The lowest BCUT2D eigenvalue weighted by Crippen LogP contribution is -2.23. The van der Waals surface area contributed by atoms with Gasteiger partial charge in [0.25, 0.3) is 5.91 Å². The number of phenols is 1. The Morgan fingerprint density at radius 2 is 2.28 bits per heavy atom. The Labute approximate surface area is 111 Å². The normalized spacial score (nSPS) is 10.3. The van der Waals surface area contributed by atoms with E-state index in [0.29, 0.717) is 5.69 Å². The van der Waals surface area contributed by atoms with Crippen molar-refractivity contribution in [2.75, 3.05) is 0 Å². The number of carbonyl (C=O) groups is 1. The van der Waals surface area contributed by atoms with Crippen molar-refractivity contribution in [2.24, 2.45) is 0 Å². The van der Waals surface area contributed by atoms with Crippen LogP contribution in [0.15, 0.2) is 28.4 Å². The number of aromatic nitrogens is 1. The molecule has 0 aliphatic carbocycles. The number of aromatic amines is 1. The second-order valence-corrected chi connectivity index (χ2v) is 4.77. The maximum Gasteiger partial charge on any atom is 0.304 e. The minimum absolute atomic E-state index is 0.0338. The number of nitrogens with one attached hydrogen (secondary N) is 2. The van der Waals surface area contributed by atoms with Crippen molar-refractivity contribution in [3.05, 3.63) is 49.5 Å². The van der Waals surface area contributed by atoms with Gasteiger partial charge >= 0.3 is 4.87 Å². The zero-order valence-electron chi connectivity index (χ0n) is 9.07. The number of thiazole rings is 1. The minimum Gasteiger partial charge on any atom is -0.508 e. The predicted molar refractivity (Wildman–Crippen MR) is 69.2 cm³/mol. The van der Waals surface area contributed by atoms with Crippen LogP contribution in [0.1, 0.15) is 16.1 Å². The Hall–Kier alpha value is -1.79. The summed E-state index contributed by atoms with van der Waals surface area (Å²) in [6.45, 7) is 0.198. The van der Waals surface area contributed by atoms with E-state index in [1.807, 2.05) is 0 Å². The van der Waals surface area contributed by atoms with Crippen LogP contribution in [-0.2, 0) is 6.54 Å². The molecule has 0 saturated heterocycles. The highest BCUT2D eigenvalue weighted by Gasteiger charge is 2.11. The average molecular weight is 285 g/mol. The maximum atomic E-state index is 11.8. The lowest BCUT2D eigenvalue weighted by atomic mass is 10.2. The first-order chi connectivity index (χ1) is 8.56. The van der Waals surface area contributed by atoms with Gasteiger partial charge in [-0.15, -0.1) is 0 Å². The van der Waals surface area contributed by atoms with Crippen LogP contribution in [0.2, 0.25) is 5.02 Å². The molecule has 1 heterocycles. The first-order valence-electron chi connectivity index (χ1n) is 4.99. The van der Waals surface area contributed by atoms with Crippen LogP contribution < -0.4 is 10.2 Å². The van der Waals surface area contributed by atoms with Gasteiger partial charge in [-0.3, -0.25) is 9.59 Å². The molecule has 0 radical (unpaired) electrons. The number of rotatable bonds is 3. The molecule has 0 unspecified atom stereocenters. The van der Waals surface area contributed by atoms with Crippen molar-refractivity contribution in [3.8, 4) is 5.75 Å². The molecule has 0 spiro atoms. The van der Waals surface area contributed by atoms with Gasteiger partial charge in [-0.1, -0.05) is 22.9 Å². The average Bonchev–Trinajstić information content (AvgIpc) is 2.75. The summed E-state index contributed by atoms with van der Waals surface area (Å²) in [6.07, 6.45) is 0. The highest BCUT2D eigenvalue weighted by atomic mass is 35.5. The van der Waals surface area contributed by atoms with E-state index >= 15 is 0 Å². The standard InChI is InChI=1S/C11H9ClN2O3S/c12-9-2-1-7(15)3-8(9)10(16)13-4-6-5-18-11(17)14-6/h1-3,5,15H,4H2,(H,13,16)(H,14,17). The molecular formula is C11H9ClN2O3S. The Kier molecular flexibility index (Phi) is 3.69. The number of hydrogen-bond donors (Lipinski definition) is 3. The molecule has 1 amide bonds. The minimum atomic E-state index is -0.414. The van der Waals surface area contributed by atoms with E-state index in [0.717, 1.165) is 11.3 Å². The molecule has 0 atom stereocenters. The van der Waals surface area contributed by atoms with Gasteiger partial charge in [-0.25, -0.2) is 0 Å². The van der Waals surface area contributed by atoms with Crippen molar-refractivity contribution in [1.82, 2.24) is 10.3 Å². The quantitative estimate of drug-likeness (QED) is 0.803. The van der Waals surface area contributed by atoms with Crippen LogP contribution in [0.3, 0.4) is 0 Å². The van der Waals surface area contributed by atoms with Crippen LogP contribution in [0.5, 0.6) is 5.75 Å². The molecule has 0 aliphatic heterocycles. The first-order valence-corrected chi connectivity index (χ1v) is 6.25. The second kappa shape index (κ2) is 5.24. The summed E-state index contributed by atoms with van der Waals surface area (Å²) < 4.78 is 0. The van der Waals surface area contributed by atoms with Crippen LogP contribution in [0.4, 0.5) is 0 Å². The summed E-state index contributed by atoms with van der Waals surface area (Å²) in [6, 6.07) is 4.13. The van der Waals surface area contributed by atoms with Crippen molar-refractivity contribution in [2.45, 2.75) is 6.54 Å². The Balaban J connectivity index is 2.08. The SMILES string of the molecule is O=C(NCc1csc(=O)[nH]1)c1cc(O)ccc1Cl. The number of halogens is 1. The van der Waals surface area contributed by atoms with E-state index in [1.165, 1.54) is 18.2 Å². The molecule has 2 rings (SSSR count). The number of H-pyrrole nitrogens is 1. The smallest absolute Gasteiger partial charge is 0.304 e. The molecule has 0 fully saturated rings. The predicted octanol–water partition coefficient (Wildman–Crippen LogP) is 1.73. The monoisotopic (exact) mass is 284 g/mol. The Bertz CT molecular complexity index is 635. The molecule has 7 heteroatoms. The summed E-state index contributed by atoms with van der Waals surface area (Å²) in [4.78, 5) is 25.1. The molecule has 18 heavy (non-hydrogen) atoms. The van der Waals surface area contributed by atoms with Crippen molar-refractivity contribution in [3.63, 3.8) is 0 Å². The zero-order valence-corrected chi connectivity index (χ0v) is 10.6. The van der Waals surface area contributed by atoms with Gasteiger partial charge in [0.05, 0.1) is 17.1 Å². The van der Waals surface area contributed by atoms with Crippen LogP contribution in [0, 0.1) is 0 Å². The van der Waals surface area contributed by atoms with E-state index < -0.39 is 5.91 Å². The fraction of sp³-hybridized carbons (Fsp3) is 0.0909. The van der Waals surface area contributed by atoms with Crippen molar-refractivity contribution in [1.29, 1.82) is 0 Å². The summed E-state index contributed by atoms with van der Waals surface area (Å²) in [7, 11) is 0. The van der Waals surface area contributed by atoms with Gasteiger partial charge < -0.3 is 15.4 Å². The van der Waals surface area contributed by atoms with E-state index in [9.17, 15) is 14.7 Å². The third-order valence-electron chi connectivity index (χ3n) is 2.20. The number of carbonyl (C=O) groups excluding carboxylic acids is 1. The molecule has 1 aromatic carbocycles. The van der Waals surface area contributed by atoms with Crippen molar-refractivity contribution >= 4 is 28.8 Å². The molecule has 0 bridgehead atoms. The Morgan fingerprint density at radius 3 is 2.94 bits per heavy atom. The fourth-order valence-electron chi connectivity index (χ4n) is 1.36. The van der Waals surface area contributed by atoms with Gasteiger partial charge in [0.15, 0.2) is 0 Å². The summed E-state index contributed by atoms with van der Waals surface area (Å²) in [5.74, 6) is -0.448. The summed E-state index contributed by atoms with van der Waals surface area (Å²) in [5.41, 5.74) is 0.809. The van der Waals surface area contributed by atoms with Crippen LogP contribution >= 0.6 is 22.9 Å². The molecule has 3 N–H and O–H groups in total. The molecule has 0 saturated carbocycles. The van der Waals surface area contributed by atoms with Gasteiger partial charge in [-0.2, -0.15) is 0 Å². The highest BCUT2D eigenvalue weighted by Crippen LogP contribution is 2.20. The molecule has 1 aromatic heterocycles. The van der Waals surface area contributed by atoms with Crippen molar-refractivity contribution < 1.29 is 9.90 Å². The van der Waals surface area contributed by atoms with Gasteiger partial charge in [-0.05, 0) is 18.2 Å². The summed E-state index contributed by atoms with van der Waals surface area (Å²) in [5, 5.41) is 13.8. The second-order valence-electron chi connectivity index (χ2n) is 3.52. The zero-order chi connectivity index (χ0) is 13.1. The lowest BCUT2D eigenvalue weighted by Gasteiger charge is -2.06. The Morgan fingerprint density at radius 1 is 1.50 bits per heavy atom. The van der Waals surface area contributed by atoms with E-state index in [2.05, 4.69) is 10.3 Å². The van der Waals surface area contributed by atoms with Gasteiger partial charge in [0, 0.05) is 11.1 Å². The number of benzene rings is 1. The molecule has 5 nitrogen and oxygen atoms in total. The van der Waals surface area contributed by atoms with Crippen LogP contribution in [-0.4, -0.2) is 16.0 Å². The van der Waals surface area contributed by atoms with Crippen LogP contribution in [0.25, 0.3) is 0 Å². The molecular weight excluding hydrogens is 276 g/mol. The fourth-order valence-corrected chi connectivity index (χ4v) is 2.14. The van der Waals surface area contributed by atoms with E-state index in [4.69, 9.17) is 11.6 Å². The molecule has 0 aliphatic rings. The van der Waals surface area contributed by atoms with E-state index in [-0.39, 0.29) is 27.8 Å². The highest BCUT2D eigenvalue weighted by molar-refractivity contribution is 7.07. The number of aromatic hydroxyl groups is 1. The largest absolute Gasteiger partial charge is 0.508 e. The van der Waals surface area contributed by atoms with Gasteiger partial charge in [0.1, 0.15) is 5.75 Å². The topological polar surface area (TPSA) is 82.2 Å². The number of phenolic OH excluding ortho intramolecular Hbond substituents is 1. The third-order valence-corrected chi connectivity index (χ3v) is 3.25. The molecule has 2 aromatic rings. The lowest BCUT2D eigenvalue weighted by molar-refractivity contribution is 0.0950. The number of hydrogen-bond acceptors (Lipinski definition) is 4.